The molecule has 1 aromatic carbocycles. The molecule has 0 fully saturated rings. The van der Waals surface area contributed by atoms with Gasteiger partial charge < -0.3 is 15.1 Å². The molecule has 2 heterocycles. The number of rotatable bonds is 2. The summed E-state index contributed by atoms with van der Waals surface area (Å²) in [5.74, 6) is -0.180. The van der Waals surface area contributed by atoms with Gasteiger partial charge in [-0.15, -0.1) is 0 Å². The van der Waals surface area contributed by atoms with Crippen LogP contribution in [0.4, 0.5) is 11.4 Å². The molecule has 0 radical (unpaired) electrons. The zero-order chi connectivity index (χ0) is 14.8. The third-order valence-corrected chi connectivity index (χ3v) is 3.76. The van der Waals surface area contributed by atoms with E-state index < -0.39 is 0 Å². The maximum absolute atomic E-state index is 12.0. The van der Waals surface area contributed by atoms with Crippen LogP contribution in [0.15, 0.2) is 30.5 Å². The van der Waals surface area contributed by atoms with Crippen molar-refractivity contribution in [2.75, 3.05) is 37.4 Å². The Morgan fingerprint density at radius 3 is 2.90 bits per heavy atom. The van der Waals surface area contributed by atoms with Crippen LogP contribution in [0.5, 0.6) is 0 Å². The second-order valence-electron chi connectivity index (χ2n) is 5.43. The van der Waals surface area contributed by atoms with Crippen LogP contribution < -0.4 is 10.2 Å². The zero-order valence-corrected chi connectivity index (χ0v) is 12.3. The number of nitrogens with one attached hydrogen (secondary N) is 2. The number of hydrogen-bond acceptors (Lipinski definition) is 4. The second kappa shape index (κ2) is 5.57. The average Bonchev–Trinajstić information content (AvgIpc) is 2.96. The molecular formula is C15H19N5O. The molecule has 0 unspecified atom stereocenters. The maximum Gasteiger partial charge on any atom is 0.273 e. The molecule has 2 N–H and O–H groups in total. The van der Waals surface area contributed by atoms with Crippen LogP contribution in [0.25, 0.3) is 0 Å². The van der Waals surface area contributed by atoms with Gasteiger partial charge in [0.25, 0.3) is 5.91 Å². The van der Waals surface area contributed by atoms with Crippen molar-refractivity contribution in [1.82, 2.24) is 15.1 Å². The molecule has 0 spiro atoms. The van der Waals surface area contributed by atoms with E-state index in [1.807, 2.05) is 12.1 Å². The van der Waals surface area contributed by atoms with Crippen molar-refractivity contribution in [2.45, 2.75) is 6.54 Å². The molecule has 0 bridgehead atoms. The molecule has 1 amide bonds. The second-order valence-corrected chi connectivity index (χ2v) is 5.43. The van der Waals surface area contributed by atoms with Gasteiger partial charge in [-0.1, -0.05) is 6.07 Å². The number of fused-ring (bicyclic) bond motifs is 1. The number of benzene rings is 1. The van der Waals surface area contributed by atoms with E-state index in [4.69, 9.17) is 0 Å². The molecule has 1 aliphatic rings. The summed E-state index contributed by atoms with van der Waals surface area (Å²) >= 11 is 0. The van der Waals surface area contributed by atoms with Gasteiger partial charge in [0.15, 0.2) is 0 Å². The van der Waals surface area contributed by atoms with Gasteiger partial charge in [-0.25, -0.2) is 0 Å². The van der Waals surface area contributed by atoms with Gasteiger partial charge >= 0.3 is 0 Å². The number of anilines is 2. The summed E-state index contributed by atoms with van der Waals surface area (Å²) in [5, 5.41) is 9.35. The minimum Gasteiger partial charge on any atom is -0.373 e. The monoisotopic (exact) mass is 285 g/mol. The van der Waals surface area contributed by atoms with Crippen LogP contribution in [-0.2, 0) is 6.54 Å². The third-order valence-electron chi connectivity index (χ3n) is 3.76. The highest BCUT2D eigenvalue weighted by Gasteiger charge is 2.16. The molecule has 1 aliphatic heterocycles. The Labute approximate surface area is 123 Å². The van der Waals surface area contributed by atoms with E-state index in [9.17, 15) is 4.79 Å². The van der Waals surface area contributed by atoms with Crippen molar-refractivity contribution >= 4 is 17.3 Å². The molecular weight excluding hydrogens is 266 g/mol. The molecule has 1 aromatic heterocycles. The Balaban J connectivity index is 1.84. The van der Waals surface area contributed by atoms with E-state index in [1.54, 1.807) is 12.3 Å². The van der Waals surface area contributed by atoms with E-state index in [0.29, 0.717) is 5.69 Å². The summed E-state index contributed by atoms with van der Waals surface area (Å²) in [5.41, 5.74) is 3.70. The molecule has 0 saturated heterocycles. The van der Waals surface area contributed by atoms with E-state index >= 15 is 0 Å². The first-order valence-corrected chi connectivity index (χ1v) is 6.97. The first-order valence-electron chi connectivity index (χ1n) is 6.97. The molecule has 6 nitrogen and oxygen atoms in total. The number of aromatic amines is 1. The zero-order valence-electron chi connectivity index (χ0n) is 12.3. The molecule has 0 saturated carbocycles. The van der Waals surface area contributed by atoms with Gasteiger partial charge in [0.2, 0.25) is 0 Å². The lowest BCUT2D eigenvalue weighted by Gasteiger charge is -2.19. The maximum atomic E-state index is 12.0. The topological polar surface area (TPSA) is 64.3 Å². The SMILES string of the molecule is CN1CCN(C)c2cc(NC(=O)c3ccn[nH]3)ccc2C1. The number of H-pyrrole nitrogens is 1. The van der Waals surface area contributed by atoms with E-state index in [2.05, 4.69) is 45.5 Å². The molecule has 6 heteroatoms. The van der Waals surface area contributed by atoms with E-state index in [-0.39, 0.29) is 5.91 Å². The van der Waals surface area contributed by atoms with Crippen molar-refractivity contribution in [1.29, 1.82) is 0 Å². The van der Waals surface area contributed by atoms with Crippen LogP contribution in [0.1, 0.15) is 16.1 Å². The highest BCUT2D eigenvalue weighted by molar-refractivity contribution is 6.03. The fourth-order valence-electron chi connectivity index (χ4n) is 2.52. The normalized spacial score (nSPS) is 15.4. The minimum absolute atomic E-state index is 0.180. The summed E-state index contributed by atoms with van der Waals surface area (Å²) < 4.78 is 0. The van der Waals surface area contributed by atoms with Gasteiger partial charge in [0, 0.05) is 44.3 Å². The Morgan fingerprint density at radius 2 is 2.14 bits per heavy atom. The van der Waals surface area contributed by atoms with E-state index in [1.165, 1.54) is 11.3 Å². The molecule has 110 valence electrons. The van der Waals surface area contributed by atoms with Crippen molar-refractivity contribution in [2.24, 2.45) is 0 Å². The summed E-state index contributed by atoms with van der Waals surface area (Å²) in [4.78, 5) is 16.6. The summed E-state index contributed by atoms with van der Waals surface area (Å²) in [6.45, 7) is 2.93. The smallest absolute Gasteiger partial charge is 0.273 e. The average molecular weight is 285 g/mol. The lowest BCUT2D eigenvalue weighted by atomic mass is 10.1. The first kappa shape index (κ1) is 13.6. The van der Waals surface area contributed by atoms with E-state index in [0.717, 1.165) is 25.3 Å². The number of carbonyl (C=O) groups is 1. The lowest BCUT2D eigenvalue weighted by molar-refractivity contribution is 0.102. The Bertz CT molecular complexity index is 638. The fraction of sp³-hybridized carbons (Fsp3) is 0.333. The molecule has 21 heavy (non-hydrogen) atoms. The number of likely N-dealkylation sites (N-methyl/N-ethyl adjacent to an activating group) is 2. The number of carbonyl (C=O) groups excluding carboxylic acids is 1. The number of aromatic nitrogens is 2. The Morgan fingerprint density at radius 1 is 1.29 bits per heavy atom. The van der Waals surface area contributed by atoms with Gasteiger partial charge in [0.1, 0.15) is 5.69 Å². The summed E-state index contributed by atoms with van der Waals surface area (Å²) in [7, 11) is 4.20. The Kier molecular flexibility index (Phi) is 3.62. The van der Waals surface area contributed by atoms with Crippen molar-refractivity contribution in [3.05, 3.63) is 41.7 Å². The fourth-order valence-corrected chi connectivity index (χ4v) is 2.52. The van der Waals surface area contributed by atoms with Crippen LogP contribution in [-0.4, -0.2) is 48.2 Å². The summed E-state index contributed by atoms with van der Waals surface area (Å²) in [6, 6.07) is 7.71. The minimum atomic E-state index is -0.180. The number of nitrogens with zero attached hydrogens (tertiary/aromatic N) is 3. The van der Waals surface area contributed by atoms with Crippen molar-refractivity contribution in [3.8, 4) is 0 Å². The highest BCUT2D eigenvalue weighted by atomic mass is 16.1. The predicted octanol–water partition coefficient (Wildman–Crippen LogP) is 1.54. The predicted molar refractivity (Wildman–Crippen MR) is 82.6 cm³/mol. The van der Waals surface area contributed by atoms with Crippen LogP contribution in [0, 0.1) is 0 Å². The Hall–Kier alpha value is -2.34. The van der Waals surface area contributed by atoms with Gasteiger partial charge in [-0.05, 0) is 30.8 Å². The molecule has 2 aromatic rings. The van der Waals surface area contributed by atoms with Gasteiger partial charge in [-0.2, -0.15) is 5.10 Å². The third kappa shape index (κ3) is 2.90. The summed E-state index contributed by atoms with van der Waals surface area (Å²) in [6.07, 6.45) is 1.57. The van der Waals surface area contributed by atoms with Gasteiger partial charge in [0.05, 0.1) is 0 Å². The largest absolute Gasteiger partial charge is 0.373 e. The van der Waals surface area contributed by atoms with Gasteiger partial charge in [-0.3, -0.25) is 9.89 Å². The van der Waals surface area contributed by atoms with Crippen LogP contribution in [0.3, 0.4) is 0 Å². The van der Waals surface area contributed by atoms with Crippen LogP contribution in [0.2, 0.25) is 0 Å². The van der Waals surface area contributed by atoms with Crippen molar-refractivity contribution < 1.29 is 4.79 Å². The number of amides is 1. The van der Waals surface area contributed by atoms with Crippen molar-refractivity contribution in [3.63, 3.8) is 0 Å². The van der Waals surface area contributed by atoms with Crippen LogP contribution >= 0.6 is 0 Å². The molecule has 0 aliphatic carbocycles. The molecule has 3 rings (SSSR count). The lowest BCUT2D eigenvalue weighted by Crippen LogP contribution is -2.26. The highest BCUT2D eigenvalue weighted by Crippen LogP contribution is 2.27. The first-order chi connectivity index (χ1) is 10.1. The standard InChI is InChI=1S/C15H19N5O/c1-19-7-8-20(2)14-9-12(4-3-11(14)10-19)17-15(21)13-5-6-16-18-13/h3-6,9H,7-8,10H2,1-2H3,(H,16,18)(H,17,21). The number of hydrogen-bond donors (Lipinski definition) is 2. The quantitative estimate of drug-likeness (QED) is 0.878. The molecule has 0 atom stereocenters.